The van der Waals surface area contributed by atoms with E-state index in [1.54, 1.807) is 12.1 Å². The number of methoxy groups -OCH3 is 1. The zero-order valence-electron chi connectivity index (χ0n) is 22.1. The predicted molar refractivity (Wildman–Crippen MR) is 160 cm³/mol. The number of para-hydroxylation sites is 1. The Morgan fingerprint density at radius 1 is 0.950 bits per heavy atom. The van der Waals surface area contributed by atoms with E-state index in [1.807, 2.05) is 54.6 Å². The van der Waals surface area contributed by atoms with Crippen LogP contribution in [0.15, 0.2) is 90.5 Å². The fourth-order valence-corrected chi connectivity index (χ4v) is 6.14. The van der Waals surface area contributed by atoms with Crippen LogP contribution in [0.2, 0.25) is 0 Å². The van der Waals surface area contributed by atoms with Gasteiger partial charge >= 0.3 is 5.97 Å². The minimum absolute atomic E-state index is 0.216. The highest BCUT2D eigenvalue weighted by Gasteiger charge is 2.26. The molecule has 7 heteroatoms. The number of rotatable bonds is 8. The number of aromatic nitrogens is 1. The molecule has 1 heterocycles. The van der Waals surface area contributed by atoms with Gasteiger partial charge in [-0.2, -0.15) is 0 Å². The van der Waals surface area contributed by atoms with Crippen molar-refractivity contribution in [3.8, 4) is 5.75 Å². The first-order valence-electron chi connectivity index (χ1n) is 13.3. The fraction of sp³-hybridized carbons (Fsp3) is 0.182. The first-order valence-corrected chi connectivity index (χ1v) is 14.1. The number of benzene rings is 4. The van der Waals surface area contributed by atoms with Crippen molar-refractivity contribution in [2.45, 2.75) is 25.7 Å². The standard InChI is InChI=1S/C33H28N2O4S/c1-38-32(37)24-18-16-22-15-17-23(10-7-19-39-28-13-6-9-21-8-2-3-11-25(21)28)30(26(22)20-24)31(36)35-33-34-27-12-4-5-14-29(27)40-33/h2-6,8-9,11-14,16,18,20H,7,10,15,17,19H2,1H3,(H,34,35,36). The topological polar surface area (TPSA) is 77.5 Å². The molecule has 40 heavy (non-hydrogen) atoms. The maximum Gasteiger partial charge on any atom is 0.337 e. The first kappa shape index (κ1) is 25.8. The highest BCUT2D eigenvalue weighted by molar-refractivity contribution is 7.22. The van der Waals surface area contributed by atoms with Gasteiger partial charge in [-0.3, -0.25) is 10.1 Å². The Morgan fingerprint density at radius 3 is 2.65 bits per heavy atom. The zero-order valence-corrected chi connectivity index (χ0v) is 22.9. The minimum atomic E-state index is -0.427. The van der Waals surface area contributed by atoms with E-state index < -0.39 is 5.97 Å². The molecule has 0 saturated heterocycles. The highest BCUT2D eigenvalue weighted by Crippen LogP contribution is 2.36. The van der Waals surface area contributed by atoms with Crippen LogP contribution in [-0.2, 0) is 16.0 Å². The zero-order chi connectivity index (χ0) is 27.5. The van der Waals surface area contributed by atoms with Gasteiger partial charge < -0.3 is 9.47 Å². The Morgan fingerprint density at radius 2 is 1.77 bits per heavy atom. The van der Waals surface area contributed by atoms with Gasteiger partial charge in [0.15, 0.2) is 5.13 Å². The number of hydrogen-bond donors (Lipinski definition) is 1. The normalized spacial score (nSPS) is 12.8. The van der Waals surface area contributed by atoms with Crippen molar-refractivity contribution in [3.05, 3.63) is 107 Å². The first-order chi connectivity index (χ1) is 19.6. The summed E-state index contributed by atoms with van der Waals surface area (Å²) in [5.41, 5.74) is 4.74. The summed E-state index contributed by atoms with van der Waals surface area (Å²) < 4.78 is 12.1. The van der Waals surface area contributed by atoms with Gasteiger partial charge in [-0.25, -0.2) is 9.78 Å². The molecule has 1 aliphatic carbocycles. The molecule has 5 aromatic rings. The van der Waals surface area contributed by atoms with Gasteiger partial charge in [0.25, 0.3) is 5.91 Å². The second-order valence-corrected chi connectivity index (χ2v) is 10.7. The molecule has 0 unspecified atom stereocenters. The molecule has 0 spiro atoms. The lowest BCUT2D eigenvalue weighted by atomic mass is 9.82. The van der Waals surface area contributed by atoms with E-state index in [9.17, 15) is 9.59 Å². The third-order valence-electron chi connectivity index (χ3n) is 7.22. The second kappa shape index (κ2) is 11.3. The van der Waals surface area contributed by atoms with E-state index in [1.165, 1.54) is 18.4 Å². The molecule has 6 rings (SSSR count). The number of aryl methyl sites for hydroxylation is 1. The number of hydrogen-bond acceptors (Lipinski definition) is 6. The number of esters is 1. The van der Waals surface area contributed by atoms with Crippen LogP contribution in [0.5, 0.6) is 5.75 Å². The number of carbonyl (C=O) groups excluding carboxylic acids is 2. The summed E-state index contributed by atoms with van der Waals surface area (Å²) in [6.07, 6.45) is 3.02. The van der Waals surface area contributed by atoms with Gasteiger partial charge in [0.2, 0.25) is 0 Å². The number of fused-ring (bicyclic) bond motifs is 3. The monoisotopic (exact) mass is 548 g/mol. The quantitative estimate of drug-likeness (QED) is 0.161. The Balaban J connectivity index is 1.27. The van der Waals surface area contributed by atoms with Crippen molar-refractivity contribution in [2.24, 2.45) is 0 Å². The van der Waals surface area contributed by atoms with Crippen molar-refractivity contribution in [2.75, 3.05) is 19.0 Å². The van der Waals surface area contributed by atoms with Crippen LogP contribution in [0.1, 0.15) is 40.7 Å². The highest BCUT2D eigenvalue weighted by atomic mass is 32.1. The fourth-order valence-electron chi connectivity index (χ4n) is 5.28. The SMILES string of the molecule is COC(=O)c1ccc2c(c1)C(C(=O)Nc1nc3ccccc3s1)=C(CCCOc1cccc3ccccc13)CC2. The summed E-state index contributed by atoms with van der Waals surface area (Å²) in [7, 11) is 1.36. The van der Waals surface area contributed by atoms with Crippen LogP contribution in [0, 0.1) is 0 Å². The Kier molecular flexibility index (Phi) is 7.29. The predicted octanol–water partition coefficient (Wildman–Crippen LogP) is 7.43. The Hall–Kier alpha value is -4.49. The smallest absolute Gasteiger partial charge is 0.337 e. The lowest BCUT2D eigenvalue weighted by Crippen LogP contribution is -2.20. The van der Waals surface area contributed by atoms with Gasteiger partial charge in [0.05, 0.1) is 29.5 Å². The largest absolute Gasteiger partial charge is 0.493 e. The van der Waals surface area contributed by atoms with Crippen LogP contribution in [-0.4, -0.2) is 30.6 Å². The molecular formula is C33H28N2O4S. The van der Waals surface area contributed by atoms with Crippen LogP contribution < -0.4 is 10.1 Å². The number of anilines is 1. The van der Waals surface area contributed by atoms with Crippen molar-refractivity contribution < 1.29 is 19.1 Å². The van der Waals surface area contributed by atoms with Gasteiger partial charge in [-0.1, -0.05) is 71.5 Å². The van der Waals surface area contributed by atoms with E-state index in [2.05, 4.69) is 28.5 Å². The summed E-state index contributed by atoms with van der Waals surface area (Å²) in [6, 6.07) is 27.5. The molecule has 1 amide bonds. The van der Waals surface area contributed by atoms with E-state index in [4.69, 9.17) is 9.47 Å². The number of nitrogens with one attached hydrogen (secondary N) is 1. The number of allylic oxidation sites excluding steroid dienone is 1. The molecule has 0 atom stereocenters. The molecule has 0 bridgehead atoms. The average molecular weight is 549 g/mol. The Labute approximate surface area is 236 Å². The molecule has 1 N–H and O–H groups in total. The average Bonchev–Trinajstić information content (AvgIpc) is 3.40. The minimum Gasteiger partial charge on any atom is -0.493 e. The Bertz CT molecular complexity index is 1730. The second-order valence-electron chi connectivity index (χ2n) is 9.71. The van der Waals surface area contributed by atoms with Gasteiger partial charge in [-0.15, -0.1) is 0 Å². The molecule has 200 valence electrons. The molecule has 0 radical (unpaired) electrons. The van der Waals surface area contributed by atoms with Crippen molar-refractivity contribution >= 4 is 54.9 Å². The molecule has 0 aliphatic heterocycles. The van der Waals surface area contributed by atoms with E-state index >= 15 is 0 Å². The molecule has 4 aromatic carbocycles. The molecule has 6 nitrogen and oxygen atoms in total. The number of ether oxygens (including phenoxy) is 2. The number of thiazole rings is 1. The number of amides is 1. The van der Waals surface area contributed by atoms with Crippen LogP contribution >= 0.6 is 11.3 Å². The van der Waals surface area contributed by atoms with Gasteiger partial charge in [-0.05, 0) is 72.5 Å². The van der Waals surface area contributed by atoms with Crippen LogP contribution in [0.4, 0.5) is 5.13 Å². The maximum atomic E-state index is 13.8. The van der Waals surface area contributed by atoms with E-state index in [-0.39, 0.29) is 5.91 Å². The van der Waals surface area contributed by atoms with Gasteiger partial charge in [0, 0.05) is 11.0 Å². The molecule has 0 saturated carbocycles. The van der Waals surface area contributed by atoms with Crippen LogP contribution in [0.25, 0.3) is 26.6 Å². The van der Waals surface area contributed by atoms with E-state index in [0.717, 1.165) is 62.7 Å². The lowest BCUT2D eigenvalue weighted by Gasteiger charge is -2.23. The van der Waals surface area contributed by atoms with Crippen molar-refractivity contribution in [1.82, 2.24) is 4.98 Å². The third kappa shape index (κ3) is 5.20. The summed E-state index contributed by atoms with van der Waals surface area (Å²) in [5, 5.41) is 5.81. The van der Waals surface area contributed by atoms with Gasteiger partial charge in [0.1, 0.15) is 5.75 Å². The maximum absolute atomic E-state index is 13.8. The van der Waals surface area contributed by atoms with Crippen LogP contribution in [0.3, 0.4) is 0 Å². The molecule has 1 aromatic heterocycles. The van der Waals surface area contributed by atoms with E-state index in [0.29, 0.717) is 29.3 Å². The molecule has 0 fully saturated rings. The lowest BCUT2D eigenvalue weighted by molar-refractivity contribution is -0.111. The molecule has 1 aliphatic rings. The molecular weight excluding hydrogens is 520 g/mol. The summed E-state index contributed by atoms with van der Waals surface area (Å²) >= 11 is 1.44. The van der Waals surface area contributed by atoms with Crippen molar-refractivity contribution in [3.63, 3.8) is 0 Å². The summed E-state index contributed by atoms with van der Waals surface area (Å²) in [5.74, 6) is 0.217. The summed E-state index contributed by atoms with van der Waals surface area (Å²) in [4.78, 5) is 30.7. The third-order valence-corrected chi connectivity index (χ3v) is 8.17. The number of carbonyl (C=O) groups is 2. The van der Waals surface area contributed by atoms with Crippen molar-refractivity contribution in [1.29, 1.82) is 0 Å². The number of nitrogens with zero attached hydrogens (tertiary/aromatic N) is 1. The summed E-state index contributed by atoms with van der Waals surface area (Å²) in [6.45, 7) is 0.527.